The van der Waals surface area contributed by atoms with Crippen LogP contribution in [0.4, 0.5) is 10.5 Å². The van der Waals surface area contributed by atoms with Gasteiger partial charge >= 0.3 is 6.03 Å². The molecule has 0 aromatic heterocycles. The van der Waals surface area contributed by atoms with Gasteiger partial charge in [-0.2, -0.15) is 0 Å². The van der Waals surface area contributed by atoms with Gasteiger partial charge in [0.1, 0.15) is 5.75 Å². The van der Waals surface area contributed by atoms with Crippen LogP contribution >= 0.6 is 0 Å². The van der Waals surface area contributed by atoms with Gasteiger partial charge in [-0.15, -0.1) is 0 Å². The lowest BCUT2D eigenvalue weighted by atomic mass is 10.2. The standard InChI is InChI=1S/C13H20N2O3/c1-9-5-6-11(18-4)7-12(9)14-13(17)15(3)10(2)8-16/h5-7,10,16H,8H2,1-4H3,(H,14,17). The molecule has 1 atom stereocenters. The molecule has 0 aliphatic carbocycles. The van der Waals surface area contributed by atoms with Gasteiger partial charge in [0, 0.05) is 18.8 Å². The van der Waals surface area contributed by atoms with E-state index < -0.39 is 0 Å². The van der Waals surface area contributed by atoms with Gasteiger partial charge in [0.15, 0.2) is 0 Å². The molecule has 0 saturated carbocycles. The number of aryl methyl sites for hydroxylation is 1. The van der Waals surface area contributed by atoms with Crippen molar-refractivity contribution in [2.45, 2.75) is 19.9 Å². The molecule has 5 heteroatoms. The van der Waals surface area contributed by atoms with Crippen LogP contribution in [0.5, 0.6) is 5.75 Å². The van der Waals surface area contributed by atoms with E-state index >= 15 is 0 Å². The van der Waals surface area contributed by atoms with Crippen LogP contribution in [0.15, 0.2) is 18.2 Å². The number of hydrogen-bond donors (Lipinski definition) is 2. The molecule has 0 saturated heterocycles. The van der Waals surface area contributed by atoms with Crippen LogP contribution in [-0.2, 0) is 0 Å². The van der Waals surface area contributed by atoms with Gasteiger partial charge in [0.25, 0.3) is 0 Å². The summed E-state index contributed by atoms with van der Waals surface area (Å²) in [5.41, 5.74) is 1.66. The fourth-order valence-corrected chi connectivity index (χ4v) is 1.39. The molecule has 1 aromatic carbocycles. The topological polar surface area (TPSA) is 61.8 Å². The quantitative estimate of drug-likeness (QED) is 0.859. The van der Waals surface area contributed by atoms with Crippen molar-refractivity contribution in [3.05, 3.63) is 23.8 Å². The maximum absolute atomic E-state index is 11.9. The van der Waals surface area contributed by atoms with Crippen LogP contribution < -0.4 is 10.1 Å². The number of carbonyl (C=O) groups is 1. The van der Waals surface area contributed by atoms with Crippen LogP contribution in [0.25, 0.3) is 0 Å². The molecule has 18 heavy (non-hydrogen) atoms. The van der Waals surface area contributed by atoms with Gasteiger partial charge in [-0.1, -0.05) is 6.07 Å². The first kappa shape index (κ1) is 14.3. The van der Waals surface area contributed by atoms with Gasteiger partial charge in [0.05, 0.1) is 19.8 Å². The van der Waals surface area contributed by atoms with Gasteiger partial charge in [-0.3, -0.25) is 0 Å². The zero-order valence-electron chi connectivity index (χ0n) is 11.2. The average molecular weight is 252 g/mol. The van der Waals surface area contributed by atoms with Crippen LogP contribution in [0.1, 0.15) is 12.5 Å². The number of hydrogen-bond acceptors (Lipinski definition) is 3. The van der Waals surface area contributed by atoms with E-state index in [0.29, 0.717) is 11.4 Å². The van der Waals surface area contributed by atoms with Crippen LogP contribution in [-0.4, -0.2) is 42.8 Å². The second kappa shape index (κ2) is 6.26. The van der Waals surface area contributed by atoms with Crippen molar-refractivity contribution in [1.82, 2.24) is 4.90 Å². The van der Waals surface area contributed by atoms with E-state index in [2.05, 4.69) is 5.32 Å². The number of aliphatic hydroxyl groups is 1. The Morgan fingerprint density at radius 2 is 2.22 bits per heavy atom. The highest BCUT2D eigenvalue weighted by molar-refractivity contribution is 5.90. The van der Waals surface area contributed by atoms with Gasteiger partial charge < -0.3 is 20.1 Å². The van der Waals surface area contributed by atoms with E-state index in [0.717, 1.165) is 5.56 Å². The number of aliphatic hydroxyl groups excluding tert-OH is 1. The molecule has 1 rings (SSSR count). The largest absolute Gasteiger partial charge is 0.497 e. The molecule has 0 spiro atoms. The van der Waals surface area contributed by atoms with Crippen molar-refractivity contribution in [3.63, 3.8) is 0 Å². The molecule has 0 heterocycles. The third-order valence-electron chi connectivity index (χ3n) is 2.93. The highest BCUT2D eigenvalue weighted by Gasteiger charge is 2.15. The molecule has 100 valence electrons. The first-order valence-corrected chi connectivity index (χ1v) is 5.79. The maximum Gasteiger partial charge on any atom is 0.321 e. The molecule has 2 amide bonds. The third-order valence-corrected chi connectivity index (χ3v) is 2.93. The lowest BCUT2D eigenvalue weighted by Gasteiger charge is -2.24. The number of nitrogens with one attached hydrogen (secondary N) is 1. The number of benzene rings is 1. The number of amides is 2. The molecule has 0 aliphatic heterocycles. The minimum Gasteiger partial charge on any atom is -0.497 e. The van der Waals surface area contributed by atoms with E-state index in [1.165, 1.54) is 4.90 Å². The van der Waals surface area contributed by atoms with Crippen molar-refractivity contribution in [2.24, 2.45) is 0 Å². The molecule has 0 aliphatic rings. The molecule has 5 nitrogen and oxygen atoms in total. The molecule has 1 unspecified atom stereocenters. The summed E-state index contributed by atoms with van der Waals surface area (Å²) in [5, 5.41) is 11.8. The van der Waals surface area contributed by atoms with Crippen molar-refractivity contribution in [3.8, 4) is 5.75 Å². The van der Waals surface area contributed by atoms with Crippen molar-refractivity contribution in [2.75, 3.05) is 26.1 Å². The SMILES string of the molecule is COc1ccc(C)c(NC(=O)N(C)C(C)CO)c1. The third kappa shape index (κ3) is 3.37. The zero-order valence-corrected chi connectivity index (χ0v) is 11.2. The zero-order chi connectivity index (χ0) is 13.7. The summed E-state index contributed by atoms with van der Waals surface area (Å²) in [6, 6.07) is 5.00. The van der Waals surface area contributed by atoms with Crippen molar-refractivity contribution < 1.29 is 14.6 Å². The van der Waals surface area contributed by atoms with E-state index in [1.807, 2.05) is 19.1 Å². The number of rotatable bonds is 4. The fourth-order valence-electron chi connectivity index (χ4n) is 1.39. The number of anilines is 1. The number of likely N-dealkylation sites (N-methyl/N-ethyl adjacent to an activating group) is 1. The smallest absolute Gasteiger partial charge is 0.321 e. The number of methoxy groups -OCH3 is 1. The minimum absolute atomic E-state index is 0.0684. The Morgan fingerprint density at radius 3 is 2.78 bits per heavy atom. The van der Waals surface area contributed by atoms with E-state index in [1.54, 1.807) is 27.1 Å². The minimum atomic E-state index is -0.257. The van der Waals surface area contributed by atoms with Gasteiger partial charge in [0.2, 0.25) is 0 Å². The summed E-state index contributed by atoms with van der Waals surface area (Å²) in [5.74, 6) is 0.689. The molecule has 2 N–H and O–H groups in total. The summed E-state index contributed by atoms with van der Waals surface area (Å²) in [7, 11) is 3.22. The molecular formula is C13H20N2O3. The summed E-state index contributed by atoms with van der Waals surface area (Å²) >= 11 is 0. The number of nitrogens with zero attached hydrogens (tertiary/aromatic N) is 1. The second-order valence-electron chi connectivity index (χ2n) is 4.25. The Hall–Kier alpha value is -1.75. The number of urea groups is 1. The highest BCUT2D eigenvalue weighted by Crippen LogP contribution is 2.22. The lowest BCUT2D eigenvalue weighted by Crippen LogP contribution is -2.40. The average Bonchev–Trinajstić information content (AvgIpc) is 2.39. The molecular weight excluding hydrogens is 232 g/mol. The monoisotopic (exact) mass is 252 g/mol. The Kier molecular flexibility index (Phi) is 4.97. The Bertz CT molecular complexity index is 421. The molecule has 0 bridgehead atoms. The summed E-state index contributed by atoms with van der Waals surface area (Å²) in [6.07, 6.45) is 0. The van der Waals surface area contributed by atoms with Crippen molar-refractivity contribution >= 4 is 11.7 Å². The lowest BCUT2D eigenvalue weighted by molar-refractivity contribution is 0.166. The van der Waals surface area contributed by atoms with Crippen LogP contribution in [0.2, 0.25) is 0 Å². The van der Waals surface area contributed by atoms with E-state index in [-0.39, 0.29) is 18.7 Å². The Labute approximate surface area is 107 Å². The number of carbonyl (C=O) groups excluding carboxylic acids is 1. The summed E-state index contributed by atoms with van der Waals surface area (Å²) in [4.78, 5) is 13.4. The van der Waals surface area contributed by atoms with Crippen molar-refractivity contribution in [1.29, 1.82) is 0 Å². The van der Waals surface area contributed by atoms with Crippen LogP contribution in [0, 0.1) is 6.92 Å². The van der Waals surface area contributed by atoms with E-state index in [9.17, 15) is 4.79 Å². The van der Waals surface area contributed by atoms with Gasteiger partial charge in [-0.25, -0.2) is 4.79 Å². The first-order chi connectivity index (χ1) is 8.49. The second-order valence-corrected chi connectivity index (χ2v) is 4.25. The predicted molar refractivity (Wildman–Crippen MR) is 71.1 cm³/mol. The Balaban J connectivity index is 2.81. The molecule has 0 fully saturated rings. The molecule has 1 aromatic rings. The van der Waals surface area contributed by atoms with Gasteiger partial charge in [-0.05, 0) is 25.5 Å². The Morgan fingerprint density at radius 1 is 1.56 bits per heavy atom. The predicted octanol–water partition coefficient (Wildman–Crippen LogP) is 1.85. The number of ether oxygens (including phenoxy) is 1. The molecule has 0 radical (unpaired) electrons. The first-order valence-electron chi connectivity index (χ1n) is 5.79. The van der Waals surface area contributed by atoms with Crippen LogP contribution in [0.3, 0.4) is 0 Å². The fraction of sp³-hybridized carbons (Fsp3) is 0.462. The maximum atomic E-state index is 11.9. The highest BCUT2D eigenvalue weighted by atomic mass is 16.5. The van der Waals surface area contributed by atoms with E-state index in [4.69, 9.17) is 9.84 Å². The summed E-state index contributed by atoms with van der Waals surface area (Å²) < 4.78 is 5.12. The summed E-state index contributed by atoms with van der Waals surface area (Å²) in [6.45, 7) is 3.61. The normalized spacial score (nSPS) is 11.8.